The maximum absolute atomic E-state index is 10.7. The lowest BCUT2D eigenvalue weighted by atomic mass is 10.3. The summed E-state index contributed by atoms with van der Waals surface area (Å²) in [4.78, 5) is 21.1. The fraction of sp³-hybridized carbons (Fsp3) is 0.600. The van der Waals surface area contributed by atoms with E-state index in [1.807, 2.05) is 13.8 Å². The molecule has 0 heterocycles. The number of aliphatic hydroxyl groups excluding tert-OH is 2. The van der Waals surface area contributed by atoms with Gasteiger partial charge in [-0.3, -0.25) is 0 Å². The summed E-state index contributed by atoms with van der Waals surface area (Å²) in [6.45, 7) is 11.9. The van der Waals surface area contributed by atoms with Gasteiger partial charge in [0.2, 0.25) is 12.6 Å². The van der Waals surface area contributed by atoms with E-state index in [1.54, 1.807) is 6.92 Å². The van der Waals surface area contributed by atoms with Crippen molar-refractivity contribution in [3.05, 3.63) is 24.8 Å². The highest BCUT2D eigenvalue weighted by Crippen LogP contribution is 2.01. The van der Waals surface area contributed by atoms with E-state index >= 15 is 0 Å². The minimum atomic E-state index is -0.982. The van der Waals surface area contributed by atoms with Gasteiger partial charge in [0.05, 0.1) is 0 Å². The zero-order valence-electron chi connectivity index (χ0n) is 13.0. The number of hydrogen-bond donors (Lipinski definition) is 2. The summed E-state index contributed by atoms with van der Waals surface area (Å²) in [6.07, 6.45) is 1.58. The summed E-state index contributed by atoms with van der Waals surface area (Å²) in [5.41, 5.74) is 0.306. The molecule has 0 radical (unpaired) electrons. The van der Waals surface area contributed by atoms with Crippen molar-refractivity contribution in [1.82, 2.24) is 0 Å². The van der Waals surface area contributed by atoms with E-state index in [1.165, 1.54) is 0 Å². The van der Waals surface area contributed by atoms with Gasteiger partial charge in [-0.2, -0.15) is 0 Å². The molecule has 2 atom stereocenters. The van der Waals surface area contributed by atoms with Gasteiger partial charge in [-0.1, -0.05) is 39.8 Å². The van der Waals surface area contributed by atoms with E-state index in [2.05, 4.69) is 22.6 Å². The van der Waals surface area contributed by atoms with Crippen LogP contribution in [-0.4, -0.2) is 34.7 Å². The molecule has 0 rings (SSSR count). The quantitative estimate of drug-likeness (QED) is 0.405. The standard InChI is InChI=1S/C8H14O3.C7H12O3/c1-4-5-7(9)11-8(10)6(2)3;1-3-5-7(9)10-6(8)4-2/h7,9H,2,4-5H2,1,3H3;4,7,9H,2-3,5H2,1H3. The van der Waals surface area contributed by atoms with E-state index in [0.717, 1.165) is 18.9 Å². The molecule has 0 aromatic carbocycles. The molecule has 0 spiro atoms. The van der Waals surface area contributed by atoms with Gasteiger partial charge in [0.1, 0.15) is 0 Å². The molecule has 0 aliphatic heterocycles. The van der Waals surface area contributed by atoms with Crippen LogP contribution in [0.4, 0.5) is 0 Å². The van der Waals surface area contributed by atoms with Gasteiger partial charge < -0.3 is 19.7 Å². The average Bonchev–Trinajstić information content (AvgIpc) is 2.39. The third kappa shape index (κ3) is 14.6. The molecule has 6 nitrogen and oxygen atoms in total. The Kier molecular flexibility index (Phi) is 13.7. The first-order chi connectivity index (χ1) is 9.78. The molecule has 0 aromatic heterocycles. The van der Waals surface area contributed by atoms with Gasteiger partial charge in [-0.25, -0.2) is 9.59 Å². The van der Waals surface area contributed by atoms with Crippen LogP contribution in [0.25, 0.3) is 0 Å². The molecule has 6 heteroatoms. The summed E-state index contributed by atoms with van der Waals surface area (Å²) in [5, 5.41) is 17.8. The van der Waals surface area contributed by atoms with Crippen LogP contribution in [-0.2, 0) is 19.1 Å². The van der Waals surface area contributed by atoms with Crippen molar-refractivity contribution in [2.45, 2.75) is 59.0 Å². The highest BCUT2D eigenvalue weighted by Gasteiger charge is 2.09. The zero-order valence-corrected chi connectivity index (χ0v) is 13.0. The van der Waals surface area contributed by atoms with Crippen molar-refractivity contribution in [2.75, 3.05) is 0 Å². The van der Waals surface area contributed by atoms with Crippen molar-refractivity contribution >= 4 is 11.9 Å². The second-order valence-electron chi connectivity index (χ2n) is 4.31. The lowest BCUT2D eigenvalue weighted by molar-refractivity contribution is -0.164. The fourth-order valence-electron chi connectivity index (χ4n) is 1.02. The molecule has 2 unspecified atom stereocenters. The molecule has 0 fully saturated rings. The summed E-state index contributed by atoms with van der Waals surface area (Å²) in [5.74, 6) is -1.12. The Morgan fingerprint density at radius 3 is 1.86 bits per heavy atom. The van der Waals surface area contributed by atoms with E-state index in [4.69, 9.17) is 10.2 Å². The van der Waals surface area contributed by atoms with Gasteiger partial charge in [-0.05, 0) is 6.92 Å². The number of carbonyl (C=O) groups excluding carboxylic acids is 2. The predicted molar refractivity (Wildman–Crippen MR) is 79.0 cm³/mol. The summed E-state index contributed by atoms with van der Waals surface area (Å²) in [7, 11) is 0. The van der Waals surface area contributed by atoms with E-state index in [-0.39, 0.29) is 0 Å². The molecule has 122 valence electrons. The number of esters is 2. The smallest absolute Gasteiger partial charge is 0.335 e. The molecule has 0 aliphatic carbocycles. The third-order valence-corrected chi connectivity index (χ3v) is 2.08. The Morgan fingerprint density at radius 2 is 1.52 bits per heavy atom. The molecule has 0 amide bonds. The Labute approximate surface area is 126 Å². The number of carbonyl (C=O) groups is 2. The molecule has 0 saturated carbocycles. The number of aliphatic hydroxyl groups is 2. The maximum atomic E-state index is 10.7. The van der Waals surface area contributed by atoms with Gasteiger partial charge >= 0.3 is 11.9 Å². The predicted octanol–water partition coefficient (Wildman–Crippen LogP) is 2.06. The Balaban J connectivity index is 0. The van der Waals surface area contributed by atoms with Crippen molar-refractivity contribution in [2.24, 2.45) is 0 Å². The highest BCUT2D eigenvalue weighted by molar-refractivity contribution is 5.86. The Bertz CT molecular complexity index is 337. The summed E-state index contributed by atoms with van der Waals surface area (Å²) in [6, 6.07) is 0. The van der Waals surface area contributed by atoms with Crippen molar-refractivity contribution < 1.29 is 29.3 Å². The van der Waals surface area contributed by atoms with Crippen molar-refractivity contribution in [3.63, 3.8) is 0 Å². The third-order valence-electron chi connectivity index (χ3n) is 2.08. The molecule has 0 saturated heterocycles. The fourth-order valence-corrected chi connectivity index (χ4v) is 1.02. The normalized spacial score (nSPS) is 12.2. The van der Waals surface area contributed by atoms with Crippen LogP contribution in [0.5, 0.6) is 0 Å². The minimum absolute atomic E-state index is 0.306. The van der Waals surface area contributed by atoms with Crippen LogP contribution >= 0.6 is 0 Å². The van der Waals surface area contributed by atoms with Gasteiger partial charge in [0.25, 0.3) is 0 Å². The Morgan fingerprint density at radius 1 is 1.10 bits per heavy atom. The monoisotopic (exact) mass is 302 g/mol. The molecule has 2 N–H and O–H groups in total. The lowest BCUT2D eigenvalue weighted by Gasteiger charge is -2.09. The topological polar surface area (TPSA) is 93.1 Å². The average molecular weight is 302 g/mol. The SMILES string of the molecule is C=C(C)C(=O)OC(O)CCC.C=CC(=O)OC(O)CCC. The zero-order chi connectivity index (χ0) is 16.8. The van der Waals surface area contributed by atoms with Crippen LogP contribution in [0.2, 0.25) is 0 Å². The first kappa shape index (κ1) is 21.6. The number of ether oxygens (including phenoxy) is 2. The van der Waals surface area contributed by atoms with Crippen LogP contribution in [0.3, 0.4) is 0 Å². The van der Waals surface area contributed by atoms with Gasteiger partial charge in [0.15, 0.2) is 0 Å². The first-order valence-electron chi connectivity index (χ1n) is 6.84. The van der Waals surface area contributed by atoms with E-state index in [0.29, 0.717) is 18.4 Å². The van der Waals surface area contributed by atoms with Gasteiger partial charge in [0, 0.05) is 24.5 Å². The largest absolute Gasteiger partial charge is 0.433 e. The molecule has 0 aromatic rings. The van der Waals surface area contributed by atoms with Crippen molar-refractivity contribution in [1.29, 1.82) is 0 Å². The van der Waals surface area contributed by atoms with Gasteiger partial charge in [-0.15, -0.1) is 0 Å². The van der Waals surface area contributed by atoms with Crippen LogP contribution in [0, 0.1) is 0 Å². The van der Waals surface area contributed by atoms with Crippen LogP contribution in [0.15, 0.2) is 24.8 Å². The summed E-state index contributed by atoms with van der Waals surface area (Å²) < 4.78 is 9.01. The van der Waals surface area contributed by atoms with Crippen LogP contribution in [0.1, 0.15) is 46.5 Å². The molecule has 0 aliphatic rings. The molecular weight excluding hydrogens is 276 g/mol. The Hall–Kier alpha value is -1.66. The molecular formula is C15H26O6. The first-order valence-corrected chi connectivity index (χ1v) is 6.84. The highest BCUT2D eigenvalue weighted by atomic mass is 16.6. The van der Waals surface area contributed by atoms with Crippen molar-refractivity contribution in [3.8, 4) is 0 Å². The van der Waals surface area contributed by atoms with E-state index in [9.17, 15) is 9.59 Å². The second kappa shape index (κ2) is 13.3. The molecule has 21 heavy (non-hydrogen) atoms. The minimum Gasteiger partial charge on any atom is -0.433 e. The maximum Gasteiger partial charge on any atom is 0.335 e. The lowest BCUT2D eigenvalue weighted by Crippen LogP contribution is -2.17. The van der Waals surface area contributed by atoms with Crippen LogP contribution < -0.4 is 0 Å². The molecule has 0 bridgehead atoms. The second-order valence-corrected chi connectivity index (χ2v) is 4.31. The van der Waals surface area contributed by atoms with E-state index < -0.39 is 24.5 Å². The number of hydrogen-bond acceptors (Lipinski definition) is 6. The number of rotatable bonds is 8. The summed E-state index contributed by atoms with van der Waals surface area (Å²) >= 11 is 0.